The van der Waals surface area contributed by atoms with Crippen molar-refractivity contribution in [1.82, 2.24) is 0 Å². The van der Waals surface area contributed by atoms with E-state index in [1.165, 1.54) is 16.2 Å². The summed E-state index contributed by atoms with van der Waals surface area (Å²) in [6.07, 6.45) is 1.96. The molecule has 1 aliphatic rings. The van der Waals surface area contributed by atoms with Crippen LogP contribution in [0.2, 0.25) is 0 Å². The van der Waals surface area contributed by atoms with E-state index in [1.807, 2.05) is 72.0 Å². The van der Waals surface area contributed by atoms with Crippen molar-refractivity contribution in [3.8, 4) is 66.8 Å². The first-order valence-electron chi connectivity index (χ1n) is 28.0. The van der Waals surface area contributed by atoms with Crippen LogP contribution in [0.5, 0.6) is 0 Å². The van der Waals surface area contributed by atoms with Crippen LogP contribution >= 0.6 is 0 Å². The van der Waals surface area contributed by atoms with Gasteiger partial charge in [0.25, 0.3) is 0 Å². The van der Waals surface area contributed by atoms with Crippen molar-refractivity contribution >= 4 is 105 Å². The minimum absolute atomic E-state index is 0.611. The van der Waals surface area contributed by atoms with Gasteiger partial charge in [0.1, 0.15) is 0 Å². The predicted octanol–water partition coefficient (Wildman–Crippen LogP) is 20.1. The summed E-state index contributed by atoms with van der Waals surface area (Å²) in [6.45, 7) is 12.7. The lowest BCUT2D eigenvalue weighted by Crippen LogP contribution is -2.07. The highest BCUT2D eigenvalue weighted by Crippen LogP contribution is 2.46. The molecule has 0 saturated heterocycles. The number of hydrogen-bond acceptors (Lipinski definition) is 6. The summed E-state index contributed by atoms with van der Waals surface area (Å²) in [7, 11) is 0. The molecule has 1 heterocycles. The molecule has 6 nitrogen and oxygen atoms in total. The standard InChI is InChI=1S/C68H48N6.3C2H6/c69-63-54-19-4-1-16-51(54)60-36-45(22-25-56(60)65(63)71)39-10-7-13-42(30-39)48-33-49(43-14-8-11-40(31-43)46-23-26-57-61(37-46)52-17-2-5-20-55(52)64(70)66(57)72)35-50(34-48)44-15-9-12-41(32-44)47-24-27-59-62(38-47)53-18-3-6-21-58(53)67-68(59)74-29-28-73-67;3*1-2/h1-27,29-38,73H,28,69-72H2;3*1-2H3. The number of hydrogen-bond donors (Lipinski definition) is 5. The Kier molecular flexibility index (Phi) is 14.5. The average Bonchev–Trinajstić information content (AvgIpc) is 3.60. The first kappa shape index (κ1) is 52.2. The molecule has 0 aromatic heterocycles. The van der Waals surface area contributed by atoms with E-state index in [-0.39, 0.29) is 0 Å². The van der Waals surface area contributed by atoms with Crippen LogP contribution in [0, 0.1) is 0 Å². The van der Waals surface area contributed by atoms with E-state index in [0.717, 1.165) is 133 Å². The normalized spacial score (nSPS) is 11.6. The number of nitrogens with two attached hydrogens (primary N) is 4. The molecule has 6 heteroatoms. The summed E-state index contributed by atoms with van der Waals surface area (Å²) in [5.74, 6) is 0. The van der Waals surface area contributed by atoms with Gasteiger partial charge in [-0.25, -0.2) is 0 Å². The molecular formula is C74H66N6. The second-order valence-electron chi connectivity index (χ2n) is 19.5. The van der Waals surface area contributed by atoms with Crippen molar-refractivity contribution < 1.29 is 0 Å². The van der Waals surface area contributed by atoms with Crippen LogP contribution in [-0.4, -0.2) is 12.8 Å². The molecule has 80 heavy (non-hydrogen) atoms. The first-order valence-corrected chi connectivity index (χ1v) is 28.0. The Bertz CT molecular complexity index is 4360. The summed E-state index contributed by atoms with van der Waals surface area (Å²) in [5.41, 5.74) is 44.4. The van der Waals surface area contributed by atoms with Gasteiger partial charge in [-0.3, -0.25) is 4.99 Å². The van der Waals surface area contributed by atoms with Gasteiger partial charge >= 0.3 is 0 Å². The Balaban J connectivity index is 0.00000109. The van der Waals surface area contributed by atoms with E-state index in [9.17, 15) is 0 Å². The van der Waals surface area contributed by atoms with Crippen LogP contribution in [-0.2, 0) is 0 Å². The molecule has 0 amide bonds. The van der Waals surface area contributed by atoms with E-state index in [0.29, 0.717) is 22.7 Å². The molecule has 0 unspecified atom stereocenters. The Morgan fingerprint density at radius 3 is 0.925 bits per heavy atom. The summed E-state index contributed by atoms with van der Waals surface area (Å²) in [4.78, 5) is 4.89. The first-order chi connectivity index (χ1) is 39.3. The lowest BCUT2D eigenvalue weighted by Gasteiger charge is -2.19. The maximum Gasteiger partial charge on any atom is 0.0942 e. The number of fused-ring (bicyclic) bond motifs is 12. The third-order valence-electron chi connectivity index (χ3n) is 15.3. The van der Waals surface area contributed by atoms with Gasteiger partial charge in [-0.15, -0.1) is 0 Å². The van der Waals surface area contributed by atoms with Crippen molar-refractivity contribution in [2.45, 2.75) is 41.5 Å². The predicted molar refractivity (Wildman–Crippen MR) is 352 cm³/mol. The Morgan fingerprint density at radius 1 is 0.263 bits per heavy atom. The molecule has 0 radical (unpaired) electrons. The lowest BCUT2D eigenvalue weighted by molar-refractivity contribution is 1.36. The van der Waals surface area contributed by atoms with E-state index in [1.54, 1.807) is 0 Å². The van der Waals surface area contributed by atoms with Crippen LogP contribution in [0.15, 0.2) is 223 Å². The fourth-order valence-electron chi connectivity index (χ4n) is 11.6. The summed E-state index contributed by atoms with van der Waals surface area (Å²) >= 11 is 0. The van der Waals surface area contributed by atoms with E-state index < -0.39 is 0 Å². The molecule has 0 aliphatic carbocycles. The minimum atomic E-state index is 0.611. The van der Waals surface area contributed by atoms with Gasteiger partial charge in [-0.1, -0.05) is 205 Å². The fourth-order valence-corrected chi connectivity index (χ4v) is 11.6. The van der Waals surface area contributed by atoms with Crippen LogP contribution in [0.1, 0.15) is 41.5 Å². The lowest BCUT2D eigenvalue weighted by atomic mass is 9.89. The maximum atomic E-state index is 6.66. The third-order valence-corrected chi connectivity index (χ3v) is 15.3. The Labute approximate surface area is 469 Å². The number of aliphatic imine (C=N–C) groups is 1. The molecular weight excluding hydrogens is 973 g/mol. The minimum Gasteiger partial charge on any atom is -0.397 e. The number of anilines is 5. The van der Waals surface area contributed by atoms with Gasteiger partial charge in [-0.05, 0) is 154 Å². The second kappa shape index (κ2) is 22.2. The van der Waals surface area contributed by atoms with Gasteiger partial charge in [0.2, 0.25) is 0 Å². The Morgan fingerprint density at radius 2 is 0.537 bits per heavy atom. The highest BCUT2D eigenvalue weighted by Gasteiger charge is 2.19. The molecule has 13 aromatic rings. The maximum absolute atomic E-state index is 6.66. The van der Waals surface area contributed by atoms with Gasteiger partial charge < -0.3 is 28.3 Å². The molecule has 0 spiro atoms. The molecule has 0 fully saturated rings. The number of benzene rings is 13. The van der Waals surface area contributed by atoms with E-state index in [4.69, 9.17) is 27.9 Å². The zero-order chi connectivity index (χ0) is 55.6. The highest BCUT2D eigenvalue weighted by atomic mass is 15.0. The van der Waals surface area contributed by atoms with Crippen LogP contribution in [0.25, 0.3) is 131 Å². The molecule has 1 aliphatic heterocycles. The van der Waals surface area contributed by atoms with Crippen molar-refractivity contribution in [2.24, 2.45) is 4.99 Å². The molecule has 0 atom stereocenters. The molecule has 13 aromatic carbocycles. The van der Waals surface area contributed by atoms with E-state index >= 15 is 0 Å². The van der Waals surface area contributed by atoms with Crippen LogP contribution in [0.3, 0.4) is 0 Å². The molecule has 392 valence electrons. The number of nitrogens with zero attached hydrogens (tertiary/aromatic N) is 1. The fraction of sp³-hybridized carbons (Fsp3) is 0.0946. The van der Waals surface area contributed by atoms with Crippen molar-refractivity contribution in [3.63, 3.8) is 0 Å². The smallest absolute Gasteiger partial charge is 0.0942 e. The Hall–Kier alpha value is -9.91. The second-order valence-corrected chi connectivity index (χ2v) is 19.5. The van der Waals surface area contributed by atoms with Gasteiger partial charge in [0, 0.05) is 38.5 Å². The summed E-state index contributed by atoms with van der Waals surface area (Å²) in [6, 6.07) is 78.6. The quantitative estimate of drug-likeness (QED) is 0.0644. The monoisotopic (exact) mass is 1040 g/mol. The molecule has 9 N–H and O–H groups in total. The largest absolute Gasteiger partial charge is 0.397 e. The zero-order valence-corrected chi connectivity index (χ0v) is 46.3. The SMILES string of the molecule is CC.CC.CC.Nc1c(N)c2ccc(-c3cccc(-c4cc(-c5cccc(-c6ccc7c(N)c(N)c8ccccc8c7c6)c5)cc(-c5cccc(-c6ccc7c8c(c9ccccc9c7c6)NCC=N8)c5)c4)c3)cc2c2ccccc12. The van der Waals surface area contributed by atoms with E-state index in [2.05, 4.69) is 199 Å². The number of rotatable bonds is 6. The summed E-state index contributed by atoms with van der Waals surface area (Å²) < 4.78 is 0. The van der Waals surface area contributed by atoms with Gasteiger partial charge in [-0.2, -0.15) is 0 Å². The number of nitrogens with one attached hydrogen (secondary N) is 1. The van der Waals surface area contributed by atoms with Gasteiger partial charge in [0.15, 0.2) is 0 Å². The molecule has 0 bridgehead atoms. The van der Waals surface area contributed by atoms with Crippen LogP contribution < -0.4 is 28.3 Å². The zero-order valence-electron chi connectivity index (χ0n) is 46.3. The van der Waals surface area contributed by atoms with Crippen molar-refractivity contribution in [2.75, 3.05) is 34.8 Å². The van der Waals surface area contributed by atoms with Gasteiger partial charge in [0.05, 0.1) is 40.7 Å². The average molecular weight is 1040 g/mol. The van der Waals surface area contributed by atoms with Crippen LogP contribution in [0.4, 0.5) is 34.1 Å². The topological polar surface area (TPSA) is 128 Å². The third kappa shape index (κ3) is 9.14. The molecule has 0 saturated carbocycles. The van der Waals surface area contributed by atoms with Crippen molar-refractivity contribution in [1.29, 1.82) is 0 Å². The van der Waals surface area contributed by atoms with Crippen molar-refractivity contribution in [3.05, 3.63) is 218 Å². The highest BCUT2D eigenvalue weighted by molar-refractivity contribution is 6.23. The number of nitrogen functional groups attached to an aromatic ring is 4. The summed E-state index contributed by atoms with van der Waals surface area (Å²) in [5, 5.41) is 16.5. The molecule has 14 rings (SSSR count).